The lowest BCUT2D eigenvalue weighted by atomic mass is 10.3. The lowest BCUT2D eigenvalue weighted by molar-refractivity contribution is 0.823. The molecule has 92 valence electrons. The van der Waals surface area contributed by atoms with E-state index in [1.54, 1.807) is 6.33 Å². The van der Waals surface area contributed by atoms with E-state index in [1.807, 2.05) is 24.3 Å². The first-order valence-corrected chi connectivity index (χ1v) is 2.85. The fourth-order valence-corrected chi connectivity index (χ4v) is 0.880. The Morgan fingerprint density at radius 1 is 0.867 bits per heavy atom. The Morgan fingerprint density at radius 3 is 1.93 bits per heavy atom. The van der Waals surface area contributed by atoms with E-state index in [4.69, 9.17) is 0 Å². The molecule has 0 amide bonds. The average molecular weight is 282 g/mol. The van der Waals surface area contributed by atoms with E-state index < -0.39 is 0 Å². The molecule has 5 nitrogen and oxygen atoms in total. The third kappa shape index (κ3) is 6.51. The topological polar surface area (TPSA) is 123 Å². The maximum absolute atomic E-state index is 4.06. The summed E-state index contributed by atoms with van der Waals surface area (Å²) in [5.74, 6) is 0. The van der Waals surface area contributed by atoms with Crippen LogP contribution in [-0.2, 0) is 0 Å². The second-order valence-corrected chi connectivity index (χ2v) is 1.92. The SMILES string of the molecule is Cl.Cl.Cl.O.O.O.c1ccc2[nH]cnc2c1. The second-order valence-electron chi connectivity index (χ2n) is 1.92. The number of rotatable bonds is 0. The van der Waals surface area contributed by atoms with Crippen LogP contribution in [-0.4, -0.2) is 26.4 Å². The monoisotopic (exact) mass is 280 g/mol. The van der Waals surface area contributed by atoms with Crippen LogP contribution >= 0.6 is 37.2 Å². The molecule has 0 fully saturated rings. The second kappa shape index (κ2) is 13.4. The van der Waals surface area contributed by atoms with Crippen molar-refractivity contribution in [2.45, 2.75) is 0 Å². The molecule has 0 radical (unpaired) electrons. The number of hydrogen-bond acceptors (Lipinski definition) is 1. The number of benzene rings is 1. The van der Waals surface area contributed by atoms with Gasteiger partial charge in [-0.1, -0.05) is 12.1 Å². The van der Waals surface area contributed by atoms with Crippen LogP contribution in [0.5, 0.6) is 0 Å². The summed E-state index contributed by atoms with van der Waals surface area (Å²) >= 11 is 0. The molecule has 2 aromatic rings. The van der Waals surface area contributed by atoms with E-state index in [9.17, 15) is 0 Å². The minimum absolute atomic E-state index is 0. The minimum atomic E-state index is 0. The van der Waals surface area contributed by atoms with Crippen LogP contribution in [0.3, 0.4) is 0 Å². The van der Waals surface area contributed by atoms with Gasteiger partial charge in [0, 0.05) is 0 Å². The van der Waals surface area contributed by atoms with Gasteiger partial charge in [-0.25, -0.2) is 4.98 Å². The molecule has 2 rings (SSSR count). The zero-order chi connectivity index (χ0) is 6.10. The third-order valence-corrected chi connectivity index (χ3v) is 1.33. The van der Waals surface area contributed by atoms with Crippen molar-refractivity contribution in [1.29, 1.82) is 0 Å². The van der Waals surface area contributed by atoms with Crippen molar-refractivity contribution in [3.63, 3.8) is 0 Å². The van der Waals surface area contributed by atoms with Gasteiger partial charge in [0.2, 0.25) is 0 Å². The summed E-state index contributed by atoms with van der Waals surface area (Å²) in [5.41, 5.74) is 2.12. The summed E-state index contributed by atoms with van der Waals surface area (Å²) in [6.45, 7) is 0. The van der Waals surface area contributed by atoms with Crippen molar-refractivity contribution >= 4 is 48.3 Å². The molecule has 0 bridgehead atoms. The average Bonchev–Trinajstić information content (AvgIpc) is 2.33. The van der Waals surface area contributed by atoms with E-state index in [2.05, 4.69) is 9.97 Å². The molecule has 0 aliphatic rings. The number of imidazole rings is 1. The van der Waals surface area contributed by atoms with Crippen LogP contribution < -0.4 is 0 Å². The first-order valence-electron chi connectivity index (χ1n) is 2.85. The maximum atomic E-state index is 4.06. The summed E-state index contributed by atoms with van der Waals surface area (Å²) in [5, 5.41) is 0. The molecule has 1 aromatic carbocycles. The number of nitrogens with zero attached hydrogens (tertiary/aromatic N) is 1. The Hall–Kier alpha value is -0.560. The Balaban J connectivity index is -0.0000000556. The van der Waals surface area contributed by atoms with Gasteiger partial charge >= 0.3 is 0 Å². The van der Waals surface area contributed by atoms with Crippen LogP contribution in [0.4, 0.5) is 0 Å². The third-order valence-electron chi connectivity index (χ3n) is 1.33. The first-order chi connectivity index (χ1) is 4.47. The number of fused-ring (bicyclic) bond motifs is 1. The van der Waals surface area contributed by atoms with Crippen LogP contribution in [0.2, 0.25) is 0 Å². The summed E-state index contributed by atoms with van der Waals surface area (Å²) in [6, 6.07) is 7.94. The quantitative estimate of drug-likeness (QED) is 0.735. The molecule has 1 heterocycles. The smallest absolute Gasteiger partial charge is 0.0931 e. The Kier molecular flexibility index (Phi) is 26.2. The summed E-state index contributed by atoms with van der Waals surface area (Å²) in [7, 11) is 0. The van der Waals surface area contributed by atoms with Gasteiger partial charge in [0.1, 0.15) is 0 Å². The number of aromatic nitrogens is 2. The van der Waals surface area contributed by atoms with Crippen molar-refractivity contribution in [1.82, 2.24) is 9.97 Å². The van der Waals surface area contributed by atoms with Gasteiger partial charge < -0.3 is 21.4 Å². The fraction of sp³-hybridized carbons (Fsp3) is 0. The molecule has 8 heteroatoms. The highest BCUT2D eigenvalue weighted by atomic mass is 35.5. The summed E-state index contributed by atoms with van der Waals surface area (Å²) in [4.78, 5) is 7.07. The van der Waals surface area contributed by atoms with Gasteiger partial charge in [-0.3, -0.25) is 0 Å². The van der Waals surface area contributed by atoms with Gasteiger partial charge in [-0.05, 0) is 12.1 Å². The van der Waals surface area contributed by atoms with Crippen molar-refractivity contribution in [2.75, 3.05) is 0 Å². The number of para-hydroxylation sites is 2. The molecule has 0 saturated carbocycles. The number of aromatic amines is 1. The lowest BCUT2D eigenvalue weighted by Crippen LogP contribution is -1.63. The Bertz CT molecular complexity index is 301. The van der Waals surface area contributed by atoms with Gasteiger partial charge in [0.25, 0.3) is 0 Å². The van der Waals surface area contributed by atoms with E-state index in [0.717, 1.165) is 11.0 Å². The van der Waals surface area contributed by atoms with Crippen LogP contribution in [0, 0.1) is 0 Å². The van der Waals surface area contributed by atoms with Crippen LogP contribution in [0.15, 0.2) is 30.6 Å². The molecule has 7 N–H and O–H groups in total. The van der Waals surface area contributed by atoms with E-state index in [-0.39, 0.29) is 53.6 Å². The van der Waals surface area contributed by atoms with Crippen LogP contribution in [0.1, 0.15) is 0 Å². The fourth-order valence-electron chi connectivity index (χ4n) is 0.880. The largest absolute Gasteiger partial charge is 0.412 e. The van der Waals surface area contributed by atoms with Gasteiger partial charge in [-0.2, -0.15) is 0 Å². The highest BCUT2D eigenvalue weighted by Gasteiger charge is 1.88. The molecule has 0 unspecified atom stereocenters. The number of halogens is 3. The van der Waals surface area contributed by atoms with Gasteiger partial charge in [0.05, 0.1) is 17.4 Å². The highest BCUT2D eigenvalue weighted by molar-refractivity contribution is 5.86. The van der Waals surface area contributed by atoms with E-state index >= 15 is 0 Å². The lowest BCUT2D eigenvalue weighted by Gasteiger charge is -1.81. The van der Waals surface area contributed by atoms with Crippen molar-refractivity contribution in [2.24, 2.45) is 0 Å². The van der Waals surface area contributed by atoms with Gasteiger partial charge in [-0.15, -0.1) is 37.2 Å². The van der Waals surface area contributed by atoms with E-state index in [1.165, 1.54) is 0 Å². The number of H-pyrrole nitrogens is 1. The van der Waals surface area contributed by atoms with Crippen molar-refractivity contribution in [3.05, 3.63) is 30.6 Å². The van der Waals surface area contributed by atoms with Crippen LogP contribution in [0.25, 0.3) is 11.0 Å². The maximum Gasteiger partial charge on any atom is 0.0931 e. The highest BCUT2D eigenvalue weighted by Crippen LogP contribution is 2.05. The predicted octanol–water partition coefficient (Wildman–Crippen LogP) is 0.354. The first kappa shape index (κ1) is 29.3. The molecule has 0 aliphatic carbocycles. The predicted molar refractivity (Wildman–Crippen MR) is 68.7 cm³/mol. The number of nitrogens with one attached hydrogen (secondary N) is 1. The minimum Gasteiger partial charge on any atom is -0.412 e. The molecule has 0 atom stereocenters. The van der Waals surface area contributed by atoms with Crippen molar-refractivity contribution < 1.29 is 16.4 Å². The standard InChI is InChI=1S/C7H6N2.3ClH.3H2O/c1-2-4-7-6(3-1)8-5-9-7;;;;;;/h1-5H,(H,8,9);3*1H;3*1H2. The molecule has 15 heavy (non-hydrogen) atoms. The molecule has 0 aliphatic heterocycles. The van der Waals surface area contributed by atoms with E-state index in [0.29, 0.717) is 0 Å². The molecule has 0 saturated heterocycles. The molecular weight excluding hydrogens is 266 g/mol. The Labute approximate surface area is 105 Å². The molecule has 1 aromatic heterocycles. The zero-order valence-corrected chi connectivity index (χ0v) is 10.0. The Morgan fingerprint density at radius 2 is 1.40 bits per heavy atom. The number of hydrogen-bond donors (Lipinski definition) is 1. The van der Waals surface area contributed by atoms with Crippen molar-refractivity contribution in [3.8, 4) is 0 Å². The molecular formula is C7H15Cl3N2O3. The summed E-state index contributed by atoms with van der Waals surface area (Å²) in [6.07, 6.45) is 1.70. The zero-order valence-electron chi connectivity index (χ0n) is 7.56. The normalized spacial score (nSPS) is 6.13. The van der Waals surface area contributed by atoms with Gasteiger partial charge in [0.15, 0.2) is 0 Å². The molecule has 0 spiro atoms. The summed E-state index contributed by atoms with van der Waals surface area (Å²) < 4.78 is 0.